The molecule has 0 saturated heterocycles. The number of carbonyl (C=O) groups is 1. The smallest absolute Gasteiger partial charge is 0.358 e. The van der Waals surface area contributed by atoms with E-state index in [2.05, 4.69) is 42.7 Å². The molecule has 0 N–H and O–H groups in total. The van der Waals surface area contributed by atoms with Gasteiger partial charge in [-0.15, -0.1) is 0 Å². The Balaban J connectivity index is 2.35. The van der Waals surface area contributed by atoms with Crippen molar-refractivity contribution in [3.8, 4) is 33.9 Å². The molecule has 0 aliphatic rings. The van der Waals surface area contributed by atoms with Crippen molar-refractivity contribution in [1.29, 1.82) is 0 Å². The monoisotopic (exact) mass is 420 g/mol. The number of nitrogens with zero attached hydrogens (tertiary/aromatic N) is 2. The van der Waals surface area contributed by atoms with Gasteiger partial charge in [-0.1, -0.05) is 44.5 Å². The van der Waals surface area contributed by atoms with Crippen LogP contribution >= 0.6 is 12.6 Å². The zero-order chi connectivity index (χ0) is 21.8. The van der Waals surface area contributed by atoms with E-state index < -0.39 is 5.97 Å². The zero-order valence-electron chi connectivity index (χ0n) is 17.7. The van der Waals surface area contributed by atoms with Gasteiger partial charge in [0, 0.05) is 11.1 Å². The van der Waals surface area contributed by atoms with E-state index in [0.29, 0.717) is 5.75 Å². The number of thiol groups is 1. The van der Waals surface area contributed by atoms with Crippen molar-refractivity contribution in [2.75, 3.05) is 14.2 Å². The molecule has 0 saturated carbocycles. The fraction of sp³-hybridized carbons (Fsp3) is 0.250. The van der Waals surface area contributed by atoms with Gasteiger partial charge in [-0.05, 0) is 59.6 Å². The Hall–Kier alpha value is -3.17. The largest absolute Gasteiger partial charge is 0.496 e. The van der Waals surface area contributed by atoms with Gasteiger partial charge in [0.2, 0.25) is 0 Å². The van der Waals surface area contributed by atoms with Gasteiger partial charge >= 0.3 is 5.97 Å². The van der Waals surface area contributed by atoms with Gasteiger partial charge in [0.25, 0.3) is 0 Å². The Kier molecular flexibility index (Phi) is 6.53. The molecule has 0 amide bonds. The molecule has 0 fully saturated rings. The standard InChI is InChI=1S/C24H24N2O3S/c1-15(2)18-13-17(11-12-30)9-10-20(18)26-21(14-19(25-26)24(27)29-5)23-16(3)7-6-8-22(23)28-4/h6-10,13-15,30H,1-5H3. The fourth-order valence-electron chi connectivity index (χ4n) is 3.44. The molecule has 0 aliphatic carbocycles. The first kappa shape index (κ1) is 21.5. The van der Waals surface area contributed by atoms with Gasteiger partial charge in [-0.3, -0.25) is 0 Å². The third-order valence-corrected chi connectivity index (χ3v) is 5.00. The zero-order valence-corrected chi connectivity index (χ0v) is 18.6. The van der Waals surface area contributed by atoms with E-state index in [1.807, 2.05) is 43.3 Å². The van der Waals surface area contributed by atoms with E-state index in [9.17, 15) is 4.79 Å². The van der Waals surface area contributed by atoms with Crippen LogP contribution in [0.3, 0.4) is 0 Å². The number of carbonyl (C=O) groups excluding carboxylic acids is 1. The number of methoxy groups -OCH3 is 2. The van der Waals surface area contributed by atoms with E-state index in [0.717, 1.165) is 33.6 Å². The van der Waals surface area contributed by atoms with Crippen molar-refractivity contribution in [2.24, 2.45) is 0 Å². The Bertz CT molecular complexity index is 1150. The second-order valence-electron chi connectivity index (χ2n) is 7.14. The van der Waals surface area contributed by atoms with Crippen LogP contribution in [0.15, 0.2) is 42.5 Å². The quantitative estimate of drug-likeness (QED) is 0.358. The molecule has 0 radical (unpaired) electrons. The molecule has 0 aliphatic heterocycles. The number of hydrogen-bond acceptors (Lipinski definition) is 5. The summed E-state index contributed by atoms with van der Waals surface area (Å²) < 4.78 is 12.3. The maximum absolute atomic E-state index is 12.3. The number of rotatable bonds is 5. The highest BCUT2D eigenvalue weighted by Gasteiger charge is 2.22. The second kappa shape index (κ2) is 9.10. The van der Waals surface area contributed by atoms with Gasteiger partial charge in [0.1, 0.15) is 5.75 Å². The lowest BCUT2D eigenvalue weighted by atomic mass is 9.98. The average Bonchev–Trinajstić information content (AvgIpc) is 3.17. The van der Waals surface area contributed by atoms with Gasteiger partial charge < -0.3 is 9.47 Å². The molecule has 0 unspecified atom stereocenters. The molecule has 154 valence electrons. The maximum Gasteiger partial charge on any atom is 0.358 e. The van der Waals surface area contributed by atoms with E-state index >= 15 is 0 Å². The maximum atomic E-state index is 12.3. The summed E-state index contributed by atoms with van der Waals surface area (Å²) >= 11 is 4.00. The van der Waals surface area contributed by atoms with E-state index in [1.54, 1.807) is 17.9 Å². The molecule has 30 heavy (non-hydrogen) atoms. The predicted octanol–water partition coefficient (Wildman–Crippen LogP) is 5.01. The summed E-state index contributed by atoms with van der Waals surface area (Å²) in [7, 11) is 2.98. The summed E-state index contributed by atoms with van der Waals surface area (Å²) in [4.78, 5) is 12.3. The topological polar surface area (TPSA) is 53.4 Å². The molecular formula is C24H24N2O3S. The Labute approximate surface area is 182 Å². The van der Waals surface area contributed by atoms with Crippen LogP contribution in [0.4, 0.5) is 0 Å². The van der Waals surface area contributed by atoms with Crippen LogP contribution < -0.4 is 4.74 Å². The first-order valence-electron chi connectivity index (χ1n) is 9.53. The van der Waals surface area contributed by atoms with Crippen molar-refractivity contribution >= 4 is 18.6 Å². The predicted molar refractivity (Wildman–Crippen MR) is 122 cm³/mol. The lowest BCUT2D eigenvalue weighted by Gasteiger charge is -2.18. The van der Waals surface area contributed by atoms with Crippen molar-refractivity contribution in [3.05, 3.63) is 64.8 Å². The van der Waals surface area contributed by atoms with Crippen LogP contribution in [-0.4, -0.2) is 30.0 Å². The summed E-state index contributed by atoms with van der Waals surface area (Å²) in [6, 6.07) is 13.5. The normalized spacial score (nSPS) is 10.5. The number of esters is 1. The molecule has 3 aromatic rings. The summed E-state index contributed by atoms with van der Waals surface area (Å²) in [6.45, 7) is 6.21. The molecule has 5 nitrogen and oxygen atoms in total. The van der Waals surface area contributed by atoms with Crippen LogP contribution in [0.1, 0.15) is 46.9 Å². The van der Waals surface area contributed by atoms with Gasteiger partial charge in [0.05, 0.1) is 25.6 Å². The molecular weight excluding hydrogens is 396 g/mol. The van der Waals surface area contributed by atoms with Crippen LogP contribution in [0.25, 0.3) is 16.9 Å². The van der Waals surface area contributed by atoms with Crippen LogP contribution in [0, 0.1) is 18.1 Å². The van der Waals surface area contributed by atoms with E-state index in [-0.39, 0.29) is 11.6 Å². The molecule has 6 heteroatoms. The van der Waals surface area contributed by atoms with Crippen LogP contribution in [0.5, 0.6) is 5.75 Å². The summed E-state index contributed by atoms with van der Waals surface area (Å²) in [5.41, 5.74) is 5.65. The SMILES string of the molecule is COC(=O)c1cc(-c2c(C)cccc2OC)n(-c2ccc(C#CS)cc2C(C)C)n1. The number of ether oxygens (including phenoxy) is 2. The lowest BCUT2D eigenvalue weighted by Crippen LogP contribution is -2.08. The minimum Gasteiger partial charge on any atom is -0.496 e. The van der Waals surface area contributed by atoms with Gasteiger partial charge in [0.15, 0.2) is 5.69 Å². The minimum atomic E-state index is -0.494. The average molecular weight is 421 g/mol. The van der Waals surface area contributed by atoms with Crippen molar-refractivity contribution in [2.45, 2.75) is 26.7 Å². The minimum absolute atomic E-state index is 0.207. The molecule has 0 spiro atoms. The van der Waals surface area contributed by atoms with Crippen LogP contribution in [0.2, 0.25) is 0 Å². The highest BCUT2D eigenvalue weighted by atomic mass is 32.1. The van der Waals surface area contributed by atoms with E-state index in [4.69, 9.17) is 9.47 Å². The Morgan fingerprint density at radius 1 is 1.17 bits per heavy atom. The van der Waals surface area contributed by atoms with Gasteiger partial charge in [-0.2, -0.15) is 5.10 Å². The number of hydrogen-bond donors (Lipinski definition) is 1. The van der Waals surface area contributed by atoms with Crippen LogP contribution in [-0.2, 0) is 4.74 Å². The highest BCUT2D eigenvalue weighted by molar-refractivity contribution is 7.85. The second-order valence-corrected chi connectivity index (χ2v) is 7.36. The molecule has 1 aromatic heterocycles. The summed E-state index contributed by atoms with van der Waals surface area (Å²) in [5, 5.41) is 7.24. The third kappa shape index (κ3) is 4.07. The van der Waals surface area contributed by atoms with Gasteiger partial charge in [-0.25, -0.2) is 9.48 Å². The first-order chi connectivity index (χ1) is 14.4. The summed E-state index contributed by atoms with van der Waals surface area (Å²) in [5.74, 6) is 3.40. The molecule has 0 atom stereocenters. The number of aryl methyl sites for hydroxylation is 1. The molecule has 0 bridgehead atoms. The first-order valence-corrected chi connectivity index (χ1v) is 9.97. The van der Waals surface area contributed by atoms with Crippen molar-refractivity contribution in [1.82, 2.24) is 9.78 Å². The van der Waals surface area contributed by atoms with Crippen molar-refractivity contribution < 1.29 is 14.3 Å². The van der Waals surface area contributed by atoms with Crippen molar-refractivity contribution in [3.63, 3.8) is 0 Å². The third-order valence-electron chi connectivity index (χ3n) is 4.89. The molecule has 2 aromatic carbocycles. The lowest BCUT2D eigenvalue weighted by molar-refractivity contribution is 0.0593. The Morgan fingerprint density at radius 3 is 2.57 bits per heavy atom. The summed E-state index contributed by atoms with van der Waals surface area (Å²) in [6.07, 6.45) is 0. The number of benzene rings is 2. The Morgan fingerprint density at radius 2 is 1.93 bits per heavy atom. The number of aromatic nitrogens is 2. The van der Waals surface area contributed by atoms with E-state index in [1.165, 1.54) is 7.11 Å². The highest BCUT2D eigenvalue weighted by Crippen LogP contribution is 2.36. The fourth-order valence-corrected chi connectivity index (χ4v) is 3.57. The molecule has 3 rings (SSSR count). The molecule has 1 heterocycles.